The molecule has 0 fully saturated rings. The Hall–Kier alpha value is -1.31. The van der Waals surface area contributed by atoms with Crippen LogP contribution in [0, 0.1) is 0 Å². The number of hydrogen-bond acceptors (Lipinski definition) is 1. The van der Waals surface area contributed by atoms with E-state index in [1.165, 1.54) is 0 Å². The zero-order chi connectivity index (χ0) is 8.10. The second kappa shape index (κ2) is 3.76. The van der Waals surface area contributed by atoms with Gasteiger partial charge in [0.2, 0.25) is 0 Å². The van der Waals surface area contributed by atoms with Gasteiger partial charge in [-0.3, -0.25) is 5.10 Å². The molecule has 0 saturated heterocycles. The summed E-state index contributed by atoms with van der Waals surface area (Å²) in [6.45, 7) is 3.98. The number of allylic oxidation sites excluding steroid dienone is 2. The number of aromatic amines is 1. The van der Waals surface area contributed by atoms with E-state index in [0.717, 1.165) is 10.6 Å². The Bertz CT molecular complexity index is 344. The minimum Gasteiger partial charge on any atom is -0.278 e. The van der Waals surface area contributed by atoms with E-state index in [2.05, 4.69) is 10.2 Å². The molecule has 0 aliphatic carbocycles. The Kier molecular flexibility index (Phi) is 2.66. The fourth-order valence-corrected chi connectivity index (χ4v) is 0.869. The average Bonchev–Trinajstić information content (AvgIpc) is 2.47. The molecule has 0 radical (unpaired) electrons. The molecule has 11 heavy (non-hydrogen) atoms. The van der Waals surface area contributed by atoms with E-state index >= 15 is 0 Å². The Morgan fingerprint density at radius 2 is 2.27 bits per heavy atom. The maximum absolute atomic E-state index is 3.92. The summed E-state index contributed by atoms with van der Waals surface area (Å²) in [5.41, 5.74) is 0. The van der Waals surface area contributed by atoms with Gasteiger partial charge in [-0.25, -0.2) is 0 Å². The van der Waals surface area contributed by atoms with Crippen molar-refractivity contribution in [1.29, 1.82) is 0 Å². The van der Waals surface area contributed by atoms with Gasteiger partial charge in [-0.1, -0.05) is 24.3 Å². The van der Waals surface area contributed by atoms with Crippen LogP contribution in [0.3, 0.4) is 0 Å². The topological polar surface area (TPSA) is 28.7 Å². The number of H-pyrrole nitrogens is 1. The molecule has 0 spiro atoms. The van der Waals surface area contributed by atoms with Crippen molar-refractivity contribution >= 4 is 12.2 Å². The first-order valence-corrected chi connectivity index (χ1v) is 3.67. The fraction of sp³-hybridized carbons (Fsp3) is 0.222. The van der Waals surface area contributed by atoms with Gasteiger partial charge in [0.25, 0.3) is 0 Å². The van der Waals surface area contributed by atoms with Crippen molar-refractivity contribution in [2.24, 2.45) is 0 Å². The monoisotopic (exact) mass is 148 g/mol. The maximum Gasteiger partial charge on any atom is 0.0607 e. The van der Waals surface area contributed by atoms with E-state index in [1.54, 1.807) is 0 Å². The van der Waals surface area contributed by atoms with Crippen molar-refractivity contribution in [2.45, 2.75) is 13.8 Å². The van der Waals surface area contributed by atoms with Gasteiger partial charge in [0, 0.05) is 5.22 Å². The third-order valence-corrected chi connectivity index (χ3v) is 1.46. The smallest absolute Gasteiger partial charge is 0.0607 e. The lowest BCUT2D eigenvalue weighted by atomic mass is 10.3. The highest BCUT2D eigenvalue weighted by molar-refractivity contribution is 5.36. The van der Waals surface area contributed by atoms with Crippen LogP contribution < -0.4 is 10.6 Å². The van der Waals surface area contributed by atoms with Crippen molar-refractivity contribution in [2.75, 3.05) is 0 Å². The number of aromatic nitrogens is 2. The summed E-state index contributed by atoms with van der Waals surface area (Å²) in [4.78, 5) is 0. The molecule has 1 aromatic heterocycles. The molecule has 0 aromatic carbocycles. The number of nitrogens with one attached hydrogen (secondary N) is 1. The lowest BCUT2D eigenvalue weighted by Gasteiger charge is -1.73. The van der Waals surface area contributed by atoms with Gasteiger partial charge >= 0.3 is 0 Å². The number of nitrogens with zero attached hydrogens (tertiary/aromatic N) is 1. The van der Waals surface area contributed by atoms with Gasteiger partial charge in [0.15, 0.2) is 0 Å². The third-order valence-electron chi connectivity index (χ3n) is 1.46. The van der Waals surface area contributed by atoms with Gasteiger partial charge in [0.1, 0.15) is 0 Å². The highest BCUT2D eigenvalue weighted by atomic mass is 15.1. The van der Waals surface area contributed by atoms with Crippen molar-refractivity contribution < 1.29 is 0 Å². The van der Waals surface area contributed by atoms with Gasteiger partial charge in [-0.05, 0) is 13.8 Å². The zero-order valence-electron chi connectivity index (χ0n) is 6.83. The van der Waals surface area contributed by atoms with Crippen LogP contribution in [0.4, 0.5) is 0 Å². The van der Waals surface area contributed by atoms with Gasteiger partial charge in [0.05, 0.1) is 11.5 Å². The van der Waals surface area contributed by atoms with Crippen LogP contribution in [-0.2, 0) is 0 Å². The minimum atomic E-state index is 1.07. The van der Waals surface area contributed by atoms with Crippen LogP contribution in [-0.4, -0.2) is 10.2 Å². The van der Waals surface area contributed by atoms with E-state index in [4.69, 9.17) is 0 Å². The molecule has 58 valence electrons. The SMILES string of the molecule is CC=c1[nH]nc/c1=C/C=C\C. The molecule has 0 aliphatic rings. The normalized spacial score (nSPS) is 15.1. The molecule has 1 rings (SSSR count). The predicted molar refractivity (Wildman–Crippen MR) is 47.3 cm³/mol. The van der Waals surface area contributed by atoms with E-state index in [-0.39, 0.29) is 0 Å². The largest absolute Gasteiger partial charge is 0.278 e. The van der Waals surface area contributed by atoms with Crippen molar-refractivity contribution in [3.05, 3.63) is 28.9 Å². The summed E-state index contributed by atoms with van der Waals surface area (Å²) in [5.74, 6) is 0. The van der Waals surface area contributed by atoms with Crippen LogP contribution in [0.15, 0.2) is 18.3 Å². The average molecular weight is 148 g/mol. The molecule has 0 amide bonds. The van der Waals surface area contributed by atoms with E-state index in [0.29, 0.717) is 0 Å². The number of rotatable bonds is 1. The fourth-order valence-electron chi connectivity index (χ4n) is 0.869. The maximum atomic E-state index is 3.92. The highest BCUT2D eigenvalue weighted by Gasteiger charge is 1.81. The highest BCUT2D eigenvalue weighted by Crippen LogP contribution is 1.69. The zero-order valence-corrected chi connectivity index (χ0v) is 6.83. The molecular weight excluding hydrogens is 136 g/mol. The van der Waals surface area contributed by atoms with Crippen molar-refractivity contribution in [3.63, 3.8) is 0 Å². The summed E-state index contributed by atoms with van der Waals surface area (Å²) in [6, 6.07) is 0. The molecule has 1 aromatic rings. The summed E-state index contributed by atoms with van der Waals surface area (Å²) in [6.07, 6.45) is 9.83. The molecule has 0 aliphatic heterocycles. The second-order valence-corrected chi connectivity index (χ2v) is 2.22. The molecule has 0 unspecified atom stereocenters. The van der Waals surface area contributed by atoms with E-state index in [1.807, 2.05) is 44.3 Å². The number of hydrogen-bond donors (Lipinski definition) is 1. The summed E-state index contributed by atoms with van der Waals surface area (Å²) >= 11 is 0. The predicted octanol–water partition coefficient (Wildman–Crippen LogP) is 0.567. The second-order valence-electron chi connectivity index (χ2n) is 2.22. The molecule has 0 atom stereocenters. The quantitative estimate of drug-likeness (QED) is 0.619. The first-order chi connectivity index (χ1) is 5.38. The molecule has 1 N–H and O–H groups in total. The molecule has 2 nitrogen and oxygen atoms in total. The van der Waals surface area contributed by atoms with Crippen molar-refractivity contribution in [1.82, 2.24) is 10.2 Å². The summed E-state index contributed by atoms with van der Waals surface area (Å²) in [5, 5.41) is 9.02. The van der Waals surface area contributed by atoms with Crippen LogP contribution in [0.2, 0.25) is 0 Å². The van der Waals surface area contributed by atoms with Crippen LogP contribution in [0.25, 0.3) is 12.2 Å². The van der Waals surface area contributed by atoms with E-state index < -0.39 is 0 Å². The van der Waals surface area contributed by atoms with Crippen molar-refractivity contribution in [3.8, 4) is 0 Å². The first-order valence-electron chi connectivity index (χ1n) is 3.67. The van der Waals surface area contributed by atoms with Gasteiger partial charge < -0.3 is 0 Å². The van der Waals surface area contributed by atoms with Crippen LogP contribution in [0.1, 0.15) is 13.8 Å². The summed E-state index contributed by atoms with van der Waals surface area (Å²) in [7, 11) is 0. The molecule has 2 heteroatoms. The van der Waals surface area contributed by atoms with Crippen LogP contribution in [0.5, 0.6) is 0 Å². The summed E-state index contributed by atoms with van der Waals surface area (Å²) < 4.78 is 0. The Labute approximate surface area is 65.9 Å². The Morgan fingerprint density at radius 3 is 2.91 bits per heavy atom. The van der Waals surface area contributed by atoms with Gasteiger partial charge in [-0.15, -0.1) is 0 Å². The van der Waals surface area contributed by atoms with Gasteiger partial charge in [-0.2, -0.15) is 5.10 Å². The lowest BCUT2D eigenvalue weighted by molar-refractivity contribution is 1.06. The molecule has 1 heterocycles. The molecule has 0 saturated carbocycles. The minimum absolute atomic E-state index is 1.07. The Morgan fingerprint density at radius 1 is 1.45 bits per heavy atom. The standard InChI is InChI=1S/C9H12N2/c1-3-5-6-8-7-10-11-9(8)4-2/h3-7,11H,1-2H3/b5-3-,8-6-,9-4?. The third kappa shape index (κ3) is 1.80. The Balaban J connectivity index is 3.23. The molecule has 0 bridgehead atoms. The molecular formula is C9H12N2. The first kappa shape index (κ1) is 7.79. The van der Waals surface area contributed by atoms with E-state index in [9.17, 15) is 0 Å². The lowest BCUT2D eigenvalue weighted by Crippen LogP contribution is -2.20. The van der Waals surface area contributed by atoms with Crippen LogP contribution >= 0.6 is 0 Å².